The van der Waals surface area contributed by atoms with E-state index in [0.29, 0.717) is 21.8 Å². The number of anilines is 3. The maximum Gasteiger partial charge on any atom is 0.252 e. The molecule has 0 fully saturated rings. The van der Waals surface area contributed by atoms with Crippen molar-refractivity contribution in [2.75, 3.05) is 4.90 Å². The molecule has 0 amide bonds. The predicted molar refractivity (Wildman–Crippen MR) is 169 cm³/mol. The molecule has 0 saturated heterocycles. The van der Waals surface area contributed by atoms with Gasteiger partial charge in [-0.1, -0.05) is 71.8 Å². The van der Waals surface area contributed by atoms with Gasteiger partial charge in [0.15, 0.2) is 5.82 Å². The zero-order valence-corrected chi connectivity index (χ0v) is 23.6. The first kappa shape index (κ1) is 25.6. The summed E-state index contributed by atoms with van der Waals surface area (Å²) in [5.41, 5.74) is 7.21. The smallest absolute Gasteiger partial charge is 0.252 e. The SMILES string of the molecule is Cc1ccc(N(c2ccc(C)cc2)c2ccc(-c3cnc(N=c4c(=O)c(=O)c5ccccc45)c4nsnc34)cc2)cc1. The lowest BCUT2D eigenvalue weighted by Crippen LogP contribution is -2.30. The van der Waals surface area contributed by atoms with Gasteiger partial charge < -0.3 is 4.90 Å². The number of aryl methyl sites for hydroxylation is 2. The van der Waals surface area contributed by atoms with Gasteiger partial charge in [-0.2, -0.15) is 8.75 Å². The van der Waals surface area contributed by atoms with Crippen LogP contribution in [0.1, 0.15) is 11.1 Å². The normalized spacial score (nSPS) is 11.9. The summed E-state index contributed by atoms with van der Waals surface area (Å²) in [6, 6.07) is 32.1. The van der Waals surface area contributed by atoms with Gasteiger partial charge in [-0.25, -0.2) is 9.98 Å². The molecule has 202 valence electrons. The molecule has 7 aromatic rings. The fraction of sp³-hybridized carbons (Fsp3) is 0.0588. The highest BCUT2D eigenvalue weighted by Gasteiger charge is 2.17. The van der Waals surface area contributed by atoms with Crippen molar-refractivity contribution in [2.45, 2.75) is 13.8 Å². The molecule has 5 aromatic carbocycles. The summed E-state index contributed by atoms with van der Waals surface area (Å²) in [4.78, 5) is 36.5. The van der Waals surface area contributed by atoms with Gasteiger partial charge in [0.25, 0.3) is 5.43 Å². The van der Waals surface area contributed by atoms with Crippen molar-refractivity contribution in [3.05, 3.63) is 140 Å². The summed E-state index contributed by atoms with van der Waals surface area (Å²) in [5, 5.41) is 0.953. The van der Waals surface area contributed by atoms with Crippen molar-refractivity contribution >= 4 is 56.4 Å². The van der Waals surface area contributed by atoms with E-state index in [1.54, 1.807) is 30.5 Å². The third-order valence-electron chi connectivity index (χ3n) is 7.36. The number of fused-ring (bicyclic) bond motifs is 2. The van der Waals surface area contributed by atoms with Crippen LogP contribution >= 0.6 is 11.7 Å². The molecule has 42 heavy (non-hydrogen) atoms. The third-order valence-corrected chi connectivity index (χ3v) is 7.89. The van der Waals surface area contributed by atoms with Crippen LogP contribution in [0.3, 0.4) is 0 Å². The van der Waals surface area contributed by atoms with Crippen molar-refractivity contribution in [3.63, 3.8) is 0 Å². The van der Waals surface area contributed by atoms with Gasteiger partial charge in [-0.3, -0.25) is 9.59 Å². The van der Waals surface area contributed by atoms with Crippen LogP contribution in [0.5, 0.6) is 0 Å². The van der Waals surface area contributed by atoms with Crippen molar-refractivity contribution in [1.82, 2.24) is 13.7 Å². The van der Waals surface area contributed by atoms with Gasteiger partial charge in [0, 0.05) is 39.6 Å². The number of nitrogens with zero attached hydrogens (tertiary/aromatic N) is 5. The Morgan fingerprint density at radius 3 is 1.81 bits per heavy atom. The minimum absolute atomic E-state index is 0.0850. The van der Waals surface area contributed by atoms with Crippen LogP contribution in [0.15, 0.2) is 118 Å². The fourth-order valence-electron chi connectivity index (χ4n) is 5.13. The third kappa shape index (κ3) is 4.38. The zero-order chi connectivity index (χ0) is 28.8. The zero-order valence-electron chi connectivity index (χ0n) is 22.8. The quantitative estimate of drug-likeness (QED) is 0.213. The summed E-state index contributed by atoms with van der Waals surface area (Å²) >= 11 is 1.06. The minimum atomic E-state index is -0.638. The molecular formula is C34H23N5O2S. The molecule has 0 saturated carbocycles. The first-order valence-electron chi connectivity index (χ1n) is 13.4. The lowest BCUT2D eigenvalue weighted by molar-refractivity contribution is 1.23. The Labute approximate surface area is 244 Å². The summed E-state index contributed by atoms with van der Waals surface area (Å²) in [5.74, 6) is 0.261. The van der Waals surface area contributed by atoms with Gasteiger partial charge in [-0.15, -0.1) is 0 Å². The average Bonchev–Trinajstić information content (AvgIpc) is 3.60. The van der Waals surface area contributed by atoms with Gasteiger partial charge in [0.1, 0.15) is 16.4 Å². The summed E-state index contributed by atoms with van der Waals surface area (Å²) in [7, 11) is 0. The second kappa shape index (κ2) is 10.2. The van der Waals surface area contributed by atoms with Gasteiger partial charge in [-0.05, 0) is 55.8 Å². The van der Waals surface area contributed by atoms with Crippen LogP contribution in [-0.2, 0) is 0 Å². The molecule has 7 rings (SSSR count). The molecule has 0 N–H and O–H groups in total. The van der Waals surface area contributed by atoms with Gasteiger partial charge in [0.2, 0.25) is 5.43 Å². The summed E-state index contributed by atoms with van der Waals surface area (Å²) in [6.45, 7) is 4.16. The molecule has 0 aliphatic carbocycles. The molecule has 0 bridgehead atoms. The molecule has 0 aliphatic rings. The topological polar surface area (TPSA) is 88.4 Å². The van der Waals surface area contributed by atoms with Crippen molar-refractivity contribution < 1.29 is 0 Å². The summed E-state index contributed by atoms with van der Waals surface area (Å²) in [6.07, 6.45) is 1.70. The second-order valence-electron chi connectivity index (χ2n) is 10.2. The Morgan fingerprint density at radius 2 is 1.19 bits per heavy atom. The molecule has 0 unspecified atom stereocenters. The van der Waals surface area contributed by atoms with E-state index in [1.807, 2.05) is 12.1 Å². The van der Waals surface area contributed by atoms with E-state index >= 15 is 0 Å². The van der Waals surface area contributed by atoms with E-state index in [9.17, 15) is 9.59 Å². The van der Waals surface area contributed by atoms with E-state index in [2.05, 4.69) is 98.1 Å². The highest BCUT2D eigenvalue weighted by molar-refractivity contribution is 7.00. The molecule has 2 heterocycles. The number of pyridine rings is 1. The van der Waals surface area contributed by atoms with E-state index in [-0.39, 0.29) is 11.2 Å². The van der Waals surface area contributed by atoms with E-state index in [4.69, 9.17) is 0 Å². The molecule has 0 spiro atoms. The molecular weight excluding hydrogens is 542 g/mol. The van der Waals surface area contributed by atoms with Crippen LogP contribution < -0.4 is 21.1 Å². The lowest BCUT2D eigenvalue weighted by atomic mass is 10.0. The van der Waals surface area contributed by atoms with E-state index in [0.717, 1.165) is 39.9 Å². The standard InChI is InChI=1S/C34H23N5O2S/c1-20-7-13-23(14-8-20)39(24-15-9-21(2)10-16-24)25-17-11-22(12-18-25)28-19-35-34(31-29(28)37-42-38-31)36-30-26-5-3-4-6-27(26)32(40)33(30)41/h3-19H,1-2H3. The lowest BCUT2D eigenvalue weighted by Gasteiger charge is -2.26. The Bertz CT molecular complexity index is 2200. The van der Waals surface area contributed by atoms with Crippen LogP contribution in [0, 0.1) is 13.8 Å². The molecule has 0 atom stereocenters. The number of hydrogen-bond acceptors (Lipinski definition) is 8. The maximum atomic E-state index is 12.7. The highest BCUT2D eigenvalue weighted by Crippen LogP contribution is 2.37. The van der Waals surface area contributed by atoms with Crippen molar-refractivity contribution in [2.24, 2.45) is 4.99 Å². The molecule has 7 nitrogen and oxygen atoms in total. The Kier molecular flexibility index (Phi) is 6.25. The van der Waals surface area contributed by atoms with Crippen LogP contribution in [0.2, 0.25) is 0 Å². The fourth-order valence-corrected chi connectivity index (χ4v) is 5.69. The van der Waals surface area contributed by atoms with Crippen molar-refractivity contribution in [1.29, 1.82) is 0 Å². The first-order chi connectivity index (χ1) is 20.5. The Hall–Kier alpha value is -5.34. The van der Waals surface area contributed by atoms with Crippen molar-refractivity contribution in [3.8, 4) is 11.1 Å². The van der Waals surface area contributed by atoms with Gasteiger partial charge in [0.05, 0.1) is 11.7 Å². The number of benzene rings is 4. The first-order valence-corrected chi connectivity index (χ1v) is 14.1. The minimum Gasteiger partial charge on any atom is -0.311 e. The Balaban J connectivity index is 1.30. The van der Waals surface area contributed by atoms with E-state index < -0.39 is 10.9 Å². The monoisotopic (exact) mass is 565 g/mol. The summed E-state index contributed by atoms with van der Waals surface area (Å²) < 4.78 is 8.98. The molecule has 0 radical (unpaired) electrons. The Morgan fingerprint density at radius 1 is 0.643 bits per heavy atom. The average molecular weight is 566 g/mol. The van der Waals surface area contributed by atoms with Gasteiger partial charge >= 0.3 is 0 Å². The molecule has 8 heteroatoms. The highest BCUT2D eigenvalue weighted by atomic mass is 32.1. The van der Waals surface area contributed by atoms with Crippen LogP contribution in [-0.4, -0.2) is 13.7 Å². The molecule has 2 aromatic heterocycles. The largest absolute Gasteiger partial charge is 0.311 e. The second-order valence-corrected chi connectivity index (χ2v) is 10.7. The van der Waals surface area contributed by atoms with Crippen LogP contribution in [0.25, 0.3) is 32.9 Å². The number of hydrogen-bond donors (Lipinski definition) is 0. The maximum absolute atomic E-state index is 12.7. The van der Waals surface area contributed by atoms with E-state index in [1.165, 1.54) is 11.1 Å². The number of aromatic nitrogens is 3. The molecule has 0 aliphatic heterocycles. The predicted octanol–water partition coefficient (Wildman–Crippen LogP) is 6.82. The van der Waals surface area contributed by atoms with Crippen LogP contribution in [0.4, 0.5) is 22.9 Å². The number of rotatable bonds is 5.